The van der Waals surface area contributed by atoms with E-state index in [1.165, 1.54) is 17.2 Å². The monoisotopic (exact) mass is 531 g/mol. The zero-order valence-electron chi connectivity index (χ0n) is 22.3. The van der Waals surface area contributed by atoms with Crippen LogP contribution in [-0.4, -0.2) is 39.1 Å². The van der Waals surface area contributed by atoms with Crippen molar-refractivity contribution in [1.29, 1.82) is 0 Å². The molecule has 8 heteroatoms. The summed E-state index contributed by atoms with van der Waals surface area (Å²) in [6, 6.07) is 9.42. The maximum absolute atomic E-state index is 15.7. The van der Waals surface area contributed by atoms with Gasteiger partial charge in [0.1, 0.15) is 17.3 Å². The second-order valence-electron chi connectivity index (χ2n) is 10.4. The van der Waals surface area contributed by atoms with Crippen molar-refractivity contribution < 1.29 is 23.8 Å². The predicted octanol–water partition coefficient (Wildman–Crippen LogP) is 6.24. The molecule has 2 aromatic carbocycles. The van der Waals surface area contributed by atoms with E-state index in [2.05, 4.69) is 16.3 Å². The minimum Gasteiger partial charge on any atom is -0.493 e. The van der Waals surface area contributed by atoms with E-state index in [9.17, 15) is 9.90 Å². The quantitative estimate of drug-likeness (QED) is 0.276. The number of nitrogens with zero attached hydrogens (tertiary/aromatic N) is 2. The van der Waals surface area contributed by atoms with Crippen molar-refractivity contribution in [2.24, 2.45) is 0 Å². The lowest BCUT2D eigenvalue weighted by atomic mass is 9.97. The molecule has 2 aliphatic rings. The molecular weight excluding hydrogens is 497 g/mol. The van der Waals surface area contributed by atoms with Gasteiger partial charge < -0.3 is 19.1 Å². The number of carboxylic acid groups (broad SMARTS) is 1. The highest BCUT2D eigenvalue weighted by molar-refractivity contribution is 6.04. The van der Waals surface area contributed by atoms with E-state index < -0.39 is 5.97 Å². The molecule has 2 N–H and O–H groups in total. The maximum atomic E-state index is 15.7. The zero-order chi connectivity index (χ0) is 26.9. The van der Waals surface area contributed by atoms with E-state index in [-0.39, 0.29) is 11.5 Å². The first kappa shape index (κ1) is 25.6. The molecule has 7 nitrogen and oxygen atoms in total. The SMILES string of the molecule is CCc1n[nH]c2c1-c1c(F)ccc3c(CCCOc4cccc5c4CCC5)c(C(=O)O)n(c13)CCCCOC2. The molecule has 0 amide bonds. The van der Waals surface area contributed by atoms with Crippen molar-refractivity contribution in [2.45, 2.75) is 71.4 Å². The summed E-state index contributed by atoms with van der Waals surface area (Å²) < 4.78 is 29.6. The first-order chi connectivity index (χ1) is 19.1. The van der Waals surface area contributed by atoms with E-state index in [1.54, 1.807) is 6.07 Å². The van der Waals surface area contributed by atoms with Gasteiger partial charge in [-0.15, -0.1) is 0 Å². The van der Waals surface area contributed by atoms with Crippen LogP contribution >= 0.6 is 0 Å². The largest absolute Gasteiger partial charge is 0.493 e. The Hall–Kier alpha value is -3.65. The predicted molar refractivity (Wildman–Crippen MR) is 147 cm³/mol. The Morgan fingerprint density at radius 2 is 2.08 bits per heavy atom. The van der Waals surface area contributed by atoms with Gasteiger partial charge in [-0.1, -0.05) is 19.1 Å². The van der Waals surface area contributed by atoms with Gasteiger partial charge in [0.25, 0.3) is 0 Å². The third-order valence-electron chi connectivity index (χ3n) is 8.08. The molecule has 39 heavy (non-hydrogen) atoms. The van der Waals surface area contributed by atoms with Crippen LogP contribution in [0.25, 0.3) is 22.0 Å². The lowest BCUT2D eigenvalue weighted by molar-refractivity contribution is 0.0683. The average molecular weight is 532 g/mol. The fraction of sp³-hybridized carbons (Fsp3) is 0.419. The highest BCUT2D eigenvalue weighted by atomic mass is 19.1. The molecule has 0 atom stereocenters. The Bertz CT molecular complexity index is 1540. The van der Waals surface area contributed by atoms with Crippen LogP contribution in [0.2, 0.25) is 0 Å². The number of H-pyrrole nitrogens is 1. The molecule has 2 aromatic heterocycles. The van der Waals surface area contributed by atoms with Gasteiger partial charge >= 0.3 is 5.97 Å². The first-order valence-electron chi connectivity index (χ1n) is 14.0. The molecule has 1 aliphatic carbocycles. The Kier molecular flexibility index (Phi) is 7.12. The van der Waals surface area contributed by atoms with Gasteiger partial charge in [-0.2, -0.15) is 5.10 Å². The van der Waals surface area contributed by atoms with Gasteiger partial charge in [0.15, 0.2) is 0 Å². The molecule has 0 radical (unpaired) electrons. The van der Waals surface area contributed by atoms with Crippen LogP contribution in [0, 0.1) is 5.82 Å². The topological polar surface area (TPSA) is 89.4 Å². The summed E-state index contributed by atoms with van der Waals surface area (Å²) in [6.07, 6.45) is 6.58. The molecule has 0 fully saturated rings. The Balaban J connectivity index is 1.42. The summed E-state index contributed by atoms with van der Waals surface area (Å²) in [6.45, 7) is 3.78. The van der Waals surface area contributed by atoms with Crippen LogP contribution < -0.4 is 4.74 Å². The minimum absolute atomic E-state index is 0.237. The highest BCUT2D eigenvalue weighted by Gasteiger charge is 2.29. The number of rotatable bonds is 7. The first-order valence-corrected chi connectivity index (χ1v) is 14.0. The normalized spacial score (nSPS) is 15.1. The van der Waals surface area contributed by atoms with Crippen LogP contribution in [0.4, 0.5) is 4.39 Å². The van der Waals surface area contributed by atoms with E-state index in [1.807, 2.05) is 23.6 Å². The van der Waals surface area contributed by atoms with Crippen LogP contribution in [0.3, 0.4) is 0 Å². The standard InChI is InChI=1S/C31H34FN3O4/c1-2-24-28-25(34-33-24)18-38-16-4-3-15-35-29-22(13-14-23(32)27(28)29)21(30(35)31(36)37)11-7-17-39-26-12-6-9-19-8-5-10-20(19)26/h6,9,12-14H,2-5,7-8,10-11,15-18H2,1H3,(H,33,34)(H,36,37). The van der Waals surface area contributed by atoms with E-state index in [0.717, 1.165) is 60.2 Å². The van der Waals surface area contributed by atoms with Crippen LogP contribution in [0.15, 0.2) is 30.3 Å². The van der Waals surface area contributed by atoms with Crippen molar-refractivity contribution in [3.63, 3.8) is 0 Å². The number of fused-ring (bicyclic) bond motifs is 3. The Labute approximate surface area is 226 Å². The van der Waals surface area contributed by atoms with Gasteiger partial charge in [-0.25, -0.2) is 9.18 Å². The fourth-order valence-corrected chi connectivity index (χ4v) is 6.33. The number of halogens is 1. The number of nitrogens with one attached hydrogen (secondary N) is 1. The molecular formula is C31H34FN3O4. The second-order valence-corrected chi connectivity index (χ2v) is 10.4. The number of ether oxygens (including phenoxy) is 2. The summed E-state index contributed by atoms with van der Waals surface area (Å²) in [5.41, 5.74) is 6.82. The molecule has 4 aromatic rings. The molecule has 0 spiro atoms. The van der Waals surface area contributed by atoms with Crippen molar-refractivity contribution in [2.75, 3.05) is 13.2 Å². The summed E-state index contributed by atoms with van der Waals surface area (Å²) in [5.74, 6) is -0.447. The van der Waals surface area contributed by atoms with Gasteiger partial charge in [0.2, 0.25) is 0 Å². The molecule has 6 rings (SSSR count). The number of aromatic amines is 1. The summed E-state index contributed by atoms with van der Waals surface area (Å²) in [5, 5.41) is 18.7. The van der Waals surface area contributed by atoms with Gasteiger partial charge in [-0.05, 0) is 86.3 Å². The second kappa shape index (κ2) is 10.8. The van der Waals surface area contributed by atoms with E-state index in [0.29, 0.717) is 62.3 Å². The molecule has 0 bridgehead atoms. The van der Waals surface area contributed by atoms with Crippen molar-refractivity contribution in [1.82, 2.24) is 14.8 Å². The summed E-state index contributed by atoms with van der Waals surface area (Å²) in [4.78, 5) is 12.7. The number of aromatic carboxylic acids is 1. The number of carbonyl (C=O) groups is 1. The number of carboxylic acids is 1. The van der Waals surface area contributed by atoms with Crippen LogP contribution in [0.1, 0.15) is 71.2 Å². The van der Waals surface area contributed by atoms with Gasteiger partial charge in [-0.3, -0.25) is 5.10 Å². The highest BCUT2D eigenvalue weighted by Crippen LogP contribution is 2.40. The number of benzene rings is 2. The summed E-state index contributed by atoms with van der Waals surface area (Å²) >= 11 is 0. The molecule has 1 aliphatic heterocycles. The molecule has 204 valence electrons. The molecule has 0 saturated heterocycles. The minimum atomic E-state index is -0.997. The van der Waals surface area contributed by atoms with Crippen LogP contribution in [0.5, 0.6) is 5.75 Å². The fourth-order valence-electron chi connectivity index (χ4n) is 6.33. The van der Waals surface area contributed by atoms with Crippen molar-refractivity contribution in [3.05, 3.63) is 69.9 Å². The molecule has 3 heterocycles. The van der Waals surface area contributed by atoms with Gasteiger partial charge in [0, 0.05) is 29.7 Å². The third-order valence-corrected chi connectivity index (χ3v) is 8.08. The summed E-state index contributed by atoms with van der Waals surface area (Å²) in [7, 11) is 0. The lowest BCUT2D eigenvalue weighted by Gasteiger charge is -2.13. The number of aromatic nitrogens is 3. The number of aryl methyl sites for hydroxylation is 4. The lowest BCUT2D eigenvalue weighted by Crippen LogP contribution is -2.12. The van der Waals surface area contributed by atoms with Crippen molar-refractivity contribution in [3.8, 4) is 16.9 Å². The Morgan fingerprint density at radius 3 is 2.92 bits per heavy atom. The van der Waals surface area contributed by atoms with Gasteiger partial charge in [0.05, 0.1) is 30.1 Å². The third kappa shape index (κ3) is 4.61. The zero-order valence-corrected chi connectivity index (χ0v) is 22.3. The number of hydrogen-bond acceptors (Lipinski definition) is 4. The molecule has 0 saturated carbocycles. The van der Waals surface area contributed by atoms with Crippen LogP contribution in [-0.2, 0) is 43.6 Å². The van der Waals surface area contributed by atoms with E-state index in [4.69, 9.17) is 9.47 Å². The number of hydrogen-bond donors (Lipinski definition) is 2. The van der Waals surface area contributed by atoms with Crippen molar-refractivity contribution >= 4 is 16.9 Å². The smallest absolute Gasteiger partial charge is 0.352 e. The van der Waals surface area contributed by atoms with E-state index >= 15 is 4.39 Å². The Morgan fingerprint density at radius 1 is 1.18 bits per heavy atom. The maximum Gasteiger partial charge on any atom is 0.352 e. The molecule has 0 unspecified atom stereocenters. The average Bonchev–Trinajstić information content (AvgIpc) is 3.64.